The third kappa shape index (κ3) is 4.65. The fraction of sp³-hybridized carbons (Fsp3) is 0.348. The summed E-state index contributed by atoms with van der Waals surface area (Å²) in [6, 6.07) is 17.5. The predicted molar refractivity (Wildman–Crippen MR) is 116 cm³/mol. The largest absolute Gasteiger partial charge is 0.455 e. The highest BCUT2D eigenvalue weighted by Crippen LogP contribution is 2.33. The second-order valence-corrected chi connectivity index (χ2v) is 8.21. The minimum Gasteiger partial charge on any atom is -0.455 e. The fourth-order valence-corrected chi connectivity index (χ4v) is 4.47. The van der Waals surface area contributed by atoms with Crippen LogP contribution in [0.25, 0.3) is 10.2 Å². The SMILES string of the molecule is CCN(CC)C(=O)COC(=O)[C@@](C)(Cc1nc2ccccc2s1)c1ccccc1. The Morgan fingerprint density at radius 2 is 1.69 bits per heavy atom. The maximum Gasteiger partial charge on any atom is 0.317 e. The quantitative estimate of drug-likeness (QED) is 0.522. The third-order valence-corrected chi connectivity index (χ3v) is 6.18. The zero-order valence-corrected chi connectivity index (χ0v) is 17.9. The first kappa shape index (κ1) is 21.0. The van der Waals surface area contributed by atoms with Crippen LogP contribution in [0.5, 0.6) is 0 Å². The molecule has 1 atom stereocenters. The van der Waals surface area contributed by atoms with Crippen LogP contribution in [0.1, 0.15) is 31.3 Å². The minimum absolute atomic E-state index is 0.182. The summed E-state index contributed by atoms with van der Waals surface area (Å²) in [6.07, 6.45) is 0.411. The van der Waals surface area contributed by atoms with Crippen molar-refractivity contribution in [2.24, 2.45) is 0 Å². The number of para-hydroxylation sites is 1. The van der Waals surface area contributed by atoms with Gasteiger partial charge in [0.15, 0.2) is 6.61 Å². The molecule has 0 aliphatic carbocycles. The second kappa shape index (κ2) is 9.18. The molecule has 152 valence electrons. The number of hydrogen-bond donors (Lipinski definition) is 0. The van der Waals surface area contributed by atoms with Crippen molar-refractivity contribution in [3.8, 4) is 0 Å². The highest BCUT2D eigenvalue weighted by molar-refractivity contribution is 7.18. The third-order valence-electron chi connectivity index (χ3n) is 5.15. The van der Waals surface area contributed by atoms with Crippen molar-refractivity contribution < 1.29 is 14.3 Å². The molecule has 0 N–H and O–H groups in total. The van der Waals surface area contributed by atoms with E-state index in [1.807, 2.05) is 75.4 Å². The molecule has 0 radical (unpaired) electrons. The molecule has 5 nitrogen and oxygen atoms in total. The number of carbonyl (C=O) groups excluding carboxylic acids is 2. The molecule has 6 heteroatoms. The summed E-state index contributed by atoms with van der Waals surface area (Å²) in [7, 11) is 0. The number of fused-ring (bicyclic) bond motifs is 1. The normalized spacial score (nSPS) is 13.1. The predicted octanol–water partition coefficient (Wildman–Crippen LogP) is 4.21. The van der Waals surface area contributed by atoms with Crippen LogP contribution in [0, 0.1) is 0 Å². The lowest BCUT2D eigenvalue weighted by Gasteiger charge is -2.27. The van der Waals surface area contributed by atoms with Gasteiger partial charge in [0.1, 0.15) is 0 Å². The topological polar surface area (TPSA) is 59.5 Å². The van der Waals surface area contributed by atoms with Crippen molar-refractivity contribution in [1.82, 2.24) is 9.88 Å². The fourth-order valence-electron chi connectivity index (χ4n) is 3.35. The molecule has 0 aliphatic heterocycles. The van der Waals surface area contributed by atoms with Crippen LogP contribution in [0.15, 0.2) is 54.6 Å². The van der Waals surface area contributed by atoms with Gasteiger partial charge < -0.3 is 9.64 Å². The van der Waals surface area contributed by atoms with Crippen molar-refractivity contribution >= 4 is 33.4 Å². The van der Waals surface area contributed by atoms with E-state index in [4.69, 9.17) is 9.72 Å². The number of carbonyl (C=O) groups is 2. The highest BCUT2D eigenvalue weighted by Gasteiger charge is 2.38. The van der Waals surface area contributed by atoms with Gasteiger partial charge in [-0.05, 0) is 38.5 Å². The highest BCUT2D eigenvalue weighted by atomic mass is 32.1. The maximum absolute atomic E-state index is 13.2. The Balaban J connectivity index is 1.85. The number of ether oxygens (including phenoxy) is 1. The van der Waals surface area contributed by atoms with Gasteiger partial charge in [-0.1, -0.05) is 42.5 Å². The van der Waals surface area contributed by atoms with Crippen molar-refractivity contribution in [2.45, 2.75) is 32.6 Å². The summed E-state index contributed by atoms with van der Waals surface area (Å²) in [5.41, 5.74) is 0.839. The van der Waals surface area contributed by atoms with Crippen LogP contribution in [-0.4, -0.2) is 41.5 Å². The van der Waals surface area contributed by atoms with Crippen LogP contribution in [0.3, 0.4) is 0 Å². The van der Waals surface area contributed by atoms with Crippen molar-refractivity contribution in [2.75, 3.05) is 19.7 Å². The molecule has 0 fully saturated rings. The van der Waals surface area contributed by atoms with E-state index in [1.54, 1.807) is 16.2 Å². The van der Waals surface area contributed by atoms with Crippen LogP contribution >= 0.6 is 11.3 Å². The van der Waals surface area contributed by atoms with Gasteiger partial charge in [0.05, 0.1) is 20.6 Å². The lowest BCUT2D eigenvalue weighted by Crippen LogP contribution is -2.40. The van der Waals surface area contributed by atoms with E-state index >= 15 is 0 Å². The maximum atomic E-state index is 13.2. The van der Waals surface area contributed by atoms with Gasteiger partial charge in [0, 0.05) is 19.5 Å². The Hall–Kier alpha value is -2.73. The van der Waals surface area contributed by atoms with Crippen molar-refractivity contribution in [3.05, 3.63) is 65.2 Å². The smallest absolute Gasteiger partial charge is 0.317 e. The first-order chi connectivity index (χ1) is 14.0. The van der Waals surface area contributed by atoms with Crippen molar-refractivity contribution in [1.29, 1.82) is 0 Å². The molecule has 1 amide bonds. The monoisotopic (exact) mass is 410 g/mol. The number of aromatic nitrogens is 1. The molecule has 1 aromatic heterocycles. The molecule has 0 aliphatic rings. The summed E-state index contributed by atoms with van der Waals surface area (Å²) < 4.78 is 6.59. The van der Waals surface area contributed by atoms with Gasteiger partial charge in [0.2, 0.25) is 0 Å². The Morgan fingerprint density at radius 3 is 2.34 bits per heavy atom. The molecule has 29 heavy (non-hydrogen) atoms. The Kier molecular flexibility index (Phi) is 6.64. The number of thiazole rings is 1. The minimum atomic E-state index is -0.932. The molecule has 3 rings (SSSR count). The summed E-state index contributed by atoms with van der Waals surface area (Å²) in [5, 5.41) is 0.865. The average molecular weight is 411 g/mol. The van der Waals surface area contributed by atoms with Gasteiger partial charge in [-0.3, -0.25) is 9.59 Å². The molecule has 0 saturated heterocycles. The zero-order valence-electron chi connectivity index (χ0n) is 17.1. The lowest BCUT2D eigenvalue weighted by atomic mass is 9.79. The van der Waals surface area contributed by atoms with Crippen LogP contribution < -0.4 is 0 Å². The Bertz CT molecular complexity index is 949. The van der Waals surface area contributed by atoms with E-state index in [0.717, 1.165) is 20.8 Å². The molecule has 0 unspecified atom stereocenters. The molecule has 0 saturated carbocycles. The Morgan fingerprint density at radius 1 is 1.03 bits per heavy atom. The number of hydrogen-bond acceptors (Lipinski definition) is 5. The van der Waals surface area contributed by atoms with Gasteiger partial charge in [-0.25, -0.2) is 4.98 Å². The number of rotatable bonds is 8. The van der Waals surface area contributed by atoms with E-state index in [-0.39, 0.29) is 12.5 Å². The van der Waals surface area contributed by atoms with Gasteiger partial charge in [-0.2, -0.15) is 0 Å². The molecule has 1 heterocycles. The van der Waals surface area contributed by atoms with Gasteiger partial charge >= 0.3 is 5.97 Å². The molecular weight excluding hydrogens is 384 g/mol. The standard InChI is InChI=1S/C23H26N2O3S/c1-4-25(5-2)21(26)16-28-22(27)23(3,17-11-7-6-8-12-17)15-20-24-18-13-9-10-14-19(18)29-20/h6-14H,4-5,15-16H2,1-3H3/t23-/m0/s1. The Labute approximate surface area is 175 Å². The van der Waals surface area contributed by atoms with E-state index in [2.05, 4.69) is 0 Å². The van der Waals surface area contributed by atoms with E-state index in [9.17, 15) is 9.59 Å². The van der Waals surface area contributed by atoms with Gasteiger partial charge in [0.25, 0.3) is 5.91 Å². The van der Waals surface area contributed by atoms with Crippen LogP contribution in [-0.2, 0) is 26.2 Å². The lowest BCUT2D eigenvalue weighted by molar-refractivity contribution is -0.156. The number of esters is 1. The molecule has 0 spiro atoms. The van der Waals surface area contributed by atoms with E-state index in [0.29, 0.717) is 19.5 Å². The van der Waals surface area contributed by atoms with Crippen LogP contribution in [0.2, 0.25) is 0 Å². The summed E-state index contributed by atoms with van der Waals surface area (Å²) in [4.78, 5) is 31.8. The number of likely N-dealkylation sites (N-methyl/N-ethyl adjacent to an activating group) is 1. The summed E-state index contributed by atoms with van der Waals surface area (Å²) >= 11 is 1.58. The van der Waals surface area contributed by atoms with Crippen molar-refractivity contribution in [3.63, 3.8) is 0 Å². The van der Waals surface area contributed by atoms with Gasteiger partial charge in [-0.15, -0.1) is 11.3 Å². The van der Waals surface area contributed by atoms with Crippen LogP contribution in [0.4, 0.5) is 0 Å². The summed E-state index contributed by atoms with van der Waals surface area (Å²) in [5.74, 6) is -0.595. The van der Waals surface area contributed by atoms with E-state index in [1.165, 1.54) is 0 Å². The first-order valence-corrected chi connectivity index (χ1v) is 10.6. The zero-order chi connectivity index (χ0) is 20.9. The number of benzene rings is 2. The average Bonchev–Trinajstić information content (AvgIpc) is 3.15. The molecule has 0 bridgehead atoms. The van der Waals surface area contributed by atoms with E-state index < -0.39 is 11.4 Å². The second-order valence-electron chi connectivity index (χ2n) is 7.09. The first-order valence-electron chi connectivity index (χ1n) is 9.83. The molecule has 2 aromatic carbocycles. The number of amides is 1. The summed E-state index contributed by atoms with van der Waals surface area (Å²) in [6.45, 7) is 6.61. The molecular formula is C23H26N2O3S. The number of nitrogens with zero attached hydrogens (tertiary/aromatic N) is 2. The molecule has 3 aromatic rings.